The predicted octanol–water partition coefficient (Wildman–Crippen LogP) is 1.96. The van der Waals surface area contributed by atoms with Crippen LogP contribution < -0.4 is 5.56 Å². The highest BCUT2D eigenvalue weighted by atomic mass is 35.5. The molecule has 1 heterocycles. The quantitative estimate of drug-likeness (QED) is 0.931. The lowest BCUT2D eigenvalue weighted by Crippen LogP contribution is -2.26. The van der Waals surface area contributed by atoms with E-state index in [0.29, 0.717) is 16.5 Å². The highest BCUT2D eigenvalue weighted by Crippen LogP contribution is 2.19. The molecule has 0 aliphatic rings. The fourth-order valence-corrected chi connectivity index (χ4v) is 1.93. The van der Waals surface area contributed by atoms with E-state index in [0.717, 1.165) is 10.1 Å². The number of benzene rings is 1. The standard InChI is InChI=1S/C13H11ClN2O3/c1-8-15-11(9-3-2-4-10(14)5-9)6-12(17)16(8)7-13(18)19/h2-6H,7H2,1H3,(H,18,19). The van der Waals surface area contributed by atoms with Crippen molar-refractivity contribution in [3.63, 3.8) is 0 Å². The van der Waals surface area contributed by atoms with Gasteiger partial charge in [-0.3, -0.25) is 14.2 Å². The summed E-state index contributed by atoms with van der Waals surface area (Å²) in [6.45, 7) is 1.20. The molecule has 0 aliphatic heterocycles. The van der Waals surface area contributed by atoms with Gasteiger partial charge in [-0.05, 0) is 19.1 Å². The first-order valence-electron chi connectivity index (χ1n) is 5.53. The van der Waals surface area contributed by atoms with Gasteiger partial charge in [-0.25, -0.2) is 4.98 Å². The van der Waals surface area contributed by atoms with Gasteiger partial charge < -0.3 is 5.11 Å². The van der Waals surface area contributed by atoms with Crippen molar-refractivity contribution in [3.8, 4) is 11.3 Å². The number of aryl methyl sites for hydroxylation is 1. The number of nitrogens with zero attached hydrogens (tertiary/aromatic N) is 2. The number of aliphatic carboxylic acids is 1. The average molecular weight is 279 g/mol. The summed E-state index contributed by atoms with van der Waals surface area (Å²) in [5.74, 6) is -0.729. The average Bonchev–Trinajstić information content (AvgIpc) is 2.33. The van der Waals surface area contributed by atoms with Crippen LogP contribution in [0, 0.1) is 6.92 Å². The van der Waals surface area contributed by atoms with Crippen molar-refractivity contribution >= 4 is 17.6 Å². The first kappa shape index (κ1) is 13.3. The van der Waals surface area contributed by atoms with Crippen LogP contribution in [0.3, 0.4) is 0 Å². The van der Waals surface area contributed by atoms with Gasteiger partial charge in [0.1, 0.15) is 12.4 Å². The molecule has 0 fully saturated rings. The maximum atomic E-state index is 11.9. The number of hydrogen-bond donors (Lipinski definition) is 1. The zero-order valence-corrected chi connectivity index (χ0v) is 10.9. The van der Waals surface area contributed by atoms with Crippen LogP contribution in [0.1, 0.15) is 5.82 Å². The molecule has 98 valence electrons. The second-order valence-electron chi connectivity index (χ2n) is 4.02. The van der Waals surface area contributed by atoms with Crippen LogP contribution in [0.4, 0.5) is 0 Å². The van der Waals surface area contributed by atoms with E-state index in [-0.39, 0.29) is 0 Å². The lowest BCUT2D eigenvalue weighted by molar-refractivity contribution is -0.137. The van der Waals surface area contributed by atoms with Crippen LogP contribution in [-0.2, 0) is 11.3 Å². The van der Waals surface area contributed by atoms with Crippen LogP contribution in [0.15, 0.2) is 35.1 Å². The lowest BCUT2D eigenvalue weighted by atomic mass is 10.1. The van der Waals surface area contributed by atoms with Crippen LogP contribution in [0.2, 0.25) is 5.02 Å². The molecule has 2 rings (SSSR count). The largest absolute Gasteiger partial charge is 0.480 e. The summed E-state index contributed by atoms with van der Waals surface area (Å²) < 4.78 is 1.11. The zero-order chi connectivity index (χ0) is 14.0. The molecule has 6 heteroatoms. The number of rotatable bonds is 3. The van der Waals surface area contributed by atoms with Crippen molar-refractivity contribution in [1.29, 1.82) is 0 Å². The maximum Gasteiger partial charge on any atom is 0.323 e. The van der Waals surface area contributed by atoms with Crippen molar-refractivity contribution < 1.29 is 9.90 Å². The molecule has 0 radical (unpaired) electrons. The highest BCUT2D eigenvalue weighted by molar-refractivity contribution is 6.30. The Labute approximate surface area is 114 Å². The van der Waals surface area contributed by atoms with E-state index in [4.69, 9.17) is 16.7 Å². The molecule has 0 spiro atoms. The Hall–Kier alpha value is -2.14. The molecule has 1 aromatic heterocycles. The summed E-state index contributed by atoms with van der Waals surface area (Å²) in [7, 11) is 0. The second-order valence-corrected chi connectivity index (χ2v) is 4.45. The molecule has 19 heavy (non-hydrogen) atoms. The minimum atomic E-state index is -1.08. The van der Waals surface area contributed by atoms with Crippen LogP contribution in [0.5, 0.6) is 0 Å². The summed E-state index contributed by atoms with van der Waals surface area (Å²) in [5, 5.41) is 9.28. The highest BCUT2D eigenvalue weighted by Gasteiger charge is 2.09. The van der Waals surface area contributed by atoms with Crippen molar-refractivity contribution in [2.45, 2.75) is 13.5 Å². The van der Waals surface area contributed by atoms with E-state index in [1.807, 2.05) is 0 Å². The fraction of sp³-hybridized carbons (Fsp3) is 0.154. The van der Waals surface area contributed by atoms with Gasteiger partial charge in [0.25, 0.3) is 5.56 Å². The van der Waals surface area contributed by atoms with E-state index in [2.05, 4.69) is 4.98 Å². The molecule has 0 bridgehead atoms. The Morgan fingerprint density at radius 2 is 2.16 bits per heavy atom. The monoisotopic (exact) mass is 278 g/mol. The molecule has 0 saturated carbocycles. The SMILES string of the molecule is Cc1nc(-c2cccc(Cl)c2)cc(=O)n1CC(=O)O. The Morgan fingerprint density at radius 3 is 2.74 bits per heavy atom. The number of carboxylic acid groups (broad SMARTS) is 1. The molecule has 1 aromatic carbocycles. The minimum absolute atomic E-state index is 0.352. The number of halogens is 1. The number of hydrogen-bond acceptors (Lipinski definition) is 3. The van der Waals surface area contributed by atoms with E-state index < -0.39 is 18.1 Å². The molecule has 2 aromatic rings. The smallest absolute Gasteiger partial charge is 0.323 e. The van der Waals surface area contributed by atoms with Gasteiger partial charge in [-0.2, -0.15) is 0 Å². The molecular weight excluding hydrogens is 268 g/mol. The Morgan fingerprint density at radius 1 is 1.42 bits per heavy atom. The van der Waals surface area contributed by atoms with Gasteiger partial charge in [0.2, 0.25) is 0 Å². The van der Waals surface area contributed by atoms with Crippen molar-refractivity contribution in [1.82, 2.24) is 9.55 Å². The Balaban J connectivity index is 2.51. The van der Waals surface area contributed by atoms with Gasteiger partial charge in [-0.1, -0.05) is 23.7 Å². The number of carboxylic acids is 1. The van der Waals surface area contributed by atoms with Gasteiger partial charge in [0.05, 0.1) is 5.69 Å². The summed E-state index contributed by atoms with van der Waals surface area (Å²) in [5.41, 5.74) is 0.798. The summed E-state index contributed by atoms with van der Waals surface area (Å²) in [4.78, 5) is 26.8. The van der Waals surface area contributed by atoms with Crippen LogP contribution in [0.25, 0.3) is 11.3 Å². The Bertz CT molecular complexity index is 695. The van der Waals surface area contributed by atoms with Crippen molar-refractivity contribution in [3.05, 3.63) is 51.5 Å². The Kier molecular flexibility index (Phi) is 3.66. The first-order valence-corrected chi connectivity index (χ1v) is 5.91. The van der Waals surface area contributed by atoms with Gasteiger partial charge in [0, 0.05) is 16.7 Å². The molecular formula is C13H11ClN2O3. The summed E-state index contributed by atoms with van der Waals surface area (Å²) in [6, 6.07) is 8.28. The molecule has 0 amide bonds. The molecule has 0 atom stereocenters. The predicted molar refractivity (Wildman–Crippen MR) is 71.3 cm³/mol. The molecule has 5 nitrogen and oxygen atoms in total. The summed E-state index contributed by atoms with van der Waals surface area (Å²) in [6.07, 6.45) is 0. The third kappa shape index (κ3) is 3.00. The lowest BCUT2D eigenvalue weighted by Gasteiger charge is -2.08. The van der Waals surface area contributed by atoms with Crippen LogP contribution in [-0.4, -0.2) is 20.6 Å². The fourth-order valence-electron chi connectivity index (χ4n) is 1.74. The zero-order valence-electron chi connectivity index (χ0n) is 10.1. The van der Waals surface area contributed by atoms with Crippen molar-refractivity contribution in [2.75, 3.05) is 0 Å². The molecule has 0 aliphatic carbocycles. The van der Waals surface area contributed by atoms with E-state index in [1.165, 1.54) is 6.07 Å². The van der Waals surface area contributed by atoms with E-state index >= 15 is 0 Å². The minimum Gasteiger partial charge on any atom is -0.480 e. The molecule has 0 unspecified atom stereocenters. The van der Waals surface area contributed by atoms with E-state index in [1.54, 1.807) is 31.2 Å². The number of carbonyl (C=O) groups is 1. The van der Waals surface area contributed by atoms with Gasteiger partial charge >= 0.3 is 5.97 Å². The maximum absolute atomic E-state index is 11.9. The van der Waals surface area contributed by atoms with Gasteiger partial charge in [0.15, 0.2) is 0 Å². The first-order chi connectivity index (χ1) is 8.97. The van der Waals surface area contributed by atoms with E-state index in [9.17, 15) is 9.59 Å². The van der Waals surface area contributed by atoms with Crippen LogP contribution >= 0.6 is 11.6 Å². The molecule has 0 saturated heterocycles. The third-order valence-corrected chi connectivity index (χ3v) is 2.85. The van der Waals surface area contributed by atoms with Gasteiger partial charge in [-0.15, -0.1) is 0 Å². The number of aromatic nitrogens is 2. The second kappa shape index (κ2) is 5.24. The normalized spacial score (nSPS) is 10.4. The third-order valence-electron chi connectivity index (χ3n) is 2.61. The summed E-state index contributed by atoms with van der Waals surface area (Å²) >= 11 is 5.89. The molecule has 1 N–H and O–H groups in total. The topological polar surface area (TPSA) is 72.2 Å². The van der Waals surface area contributed by atoms with Crippen molar-refractivity contribution in [2.24, 2.45) is 0 Å².